The fourth-order valence-electron chi connectivity index (χ4n) is 9.22. The van der Waals surface area contributed by atoms with Crippen LogP contribution >= 0.6 is 0 Å². The van der Waals surface area contributed by atoms with E-state index >= 15 is 0 Å². The van der Waals surface area contributed by atoms with Crippen molar-refractivity contribution in [3.8, 4) is 0 Å². The van der Waals surface area contributed by atoms with Gasteiger partial charge in [0.25, 0.3) is 0 Å². The molecule has 0 aromatic heterocycles. The number of hydrogen-bond donors (Lipinski definition) is 3. The van der Waals surface area contributed by atoms with E-state index < -0.39 is 12.1 Å². The van der Waals surface area contributed by atoms with E-state index in [1.54, 1.807) is 0 Å². The smallest absolute Gasteiger partial charge is 0.305 e. The largest absolute Gasteiger partial charge is 0.466 e. The molecule has 0 aromatic rings. The number of carbonyl (C=O) groups is 2. The first-order valence-corrected chi connectivity index (χ1v) is 29.6. The van der Waals surface area contributed by atoms with Gasteiger partial charge < -0.3 is 20.3 Å². The van der Waals surface area contributed by atoms with Gasteiger partial charge in [-0.15, -0.1) is 0 Å². The molecule has 0 rings (SSSR count). The molecular weight excluding hydrogens is 815 g/mol. The van der Waals surface area contributed by atoms with Gasteiger partial charge in [0.1, 0.15) is 0 Å². The van der Waals surface area contributed by atoms with Gasteiger partial charge in [-0.3, -0.25) is 9.59 Å². The third kappa shape index (κ3) is 51.7. The Kier molecular flexibility index (Phi) is 54.5. The van der Waals surface area contributed by atoms with Crippen LogP contribution < -0.4 is 5.32 Å². The van der Waals surface area contributed by atoms with Crippen molar-refractivity contribution in [2.24, 2.45) is 0 Å². The number of unbranched alkanes of at least 4 members (excludes halogenated alkanes) is 41. The Labute approximate surface area is 411 Å². The fraction of sp³-hybridized carbons (Fsp3) is 0.900. The Morgan fingerprint density at radius 3 is 1.12 bits per heavy atom. The highest BCUT2D eigenvalue weighted by Crippen LogP contribution is 2.17. The van der Waals surface area contributed by atoms with Crippen LogP contribution in [0.4, 0.5) is 0 Å². The first kappa shape index (κ1) is 64.3. The molecule has 390 valence electrons. The van der Waals surface area contributed by atoms with Crippen molar-refractivity contribution in [3.05, 3.63) is 24.3 Å². The summed E-state index contributed by atoms with van der Waals surface area (Å²) in [4.78, 5) is 24.5. The van der Waals surface area contributed by atoms with Gasteiger partial charge in [0, 0.05) is 12.8 Å². The summed E-state index contributed by atoms with van der Waals surface area (Å²) in [6.45, 7) is 4.92. The lowest BCUT2D eigenvalue weighted by atomic mass is 10.0. The molecule has 0 heterocycles. The number of aliphatic hydroxyl groups is 2. The van der Waals surface area contributed by atoms with E-state index in [1.807, 2.05) is 0 Å². The summed E-state index contributed by atoms with van der Waals surface area (Å²) in [5, 5.41) is 23.3. The monoisotopic (exact) mass is 930 g/mol. The molecule has 0 radical (unpaired) electrons. The molecule has 0 saturated carbocycles. The molecule has 0 aliphatic carbocycles. The number of aliphatic hydroxyl groups excluding tert-OH is 2. The van der Waals surface area contributed by atoms with Gasteiger partial charge >= 0.3 is 5.97 Å². The molecule has 3 N–H and O–H groups in total. The molecule has 6 heteroatoms. The predicted molar refractivity (Wildman–Crippen MR) is 287 cm³/mol. The van der Waals surface area contributed by atoms with E-state index in [-0.39, 0.29) is 18.5 Å². The van der Waals surface area contributed by atoms with Crippen molar-refractivity contribution in [1.29, 1.82) is 0 Å². The lowest BCUT2D eigenvalue weighted by Crippen LogP contribution is -2.45. The van der Waals surface area contributed by atoms with Crippen LogP contribution in [0.3, 0.4) is 0 Å². The highest BCUT2D eigenvalue weighted by molar-refractivity contribution is 5.76. The van der Waals surface area contributed by atoms with Crippen LogP contribution in [0.25, 0.3) is 0 Å². The van der Waals surface area contributed by atoms with E-state index in [9.17, 15) is 19.8 Å². The first-order valence-electron chi connectivity index (χ1n) is 29.6. The summed E-state index contributed by atoms with van der Waals surface area (Å²) in [6, 6.07) is -0.558. The maximum absolute atomic E-state index is 12.5. The summed E-state index contributed by atoms with van der Waals surface area (Å²) in [5.41, 5.74) is 0. The van der Waals surface area contributed by atoms with Crippen LogP contribution in [0.2, 0.25) is 0 Å². The van der Waals surface area contributed by atoms with Crippen LogP contribution in [0.15, 0.2) is 24.3 Å². The molecule has 0 aromatic carbocycles. The number of allylic oxidation sites excluding steroid dienone is 4. The minimum absolute atomic E-state index is 0.0169. The number of rotatable bonds is 55. The first-order chi connectivity index (χ1) is 32.5. The quantitative estimate of drug-likeness (QED) is 0.0321. The Morgan fingerprint density at radius 1 is 0.424 bits per heavy atom. The van der Waals surface area contributed by atoms with E-state index in [0.717, 1.165) is 77.0 Å². The molecule has 0 aliphatic rings. The Bertz CT molecular complexity index is 1030. The number of esters is 1. The van der Waals surface area contributed by atoms with Gasteiger partial charge in [-0.05, 0) is 57.8 Å². The molecule has 2 unspecified atom stereocenters. The second-order valence-corrected chi connectivity index (χ2v) is 20.4. The zero-order valence-corrected chi connectivity index (χ0v) is 44.4. The standard InChI is InChI=1S/C60H115NO5/c1-3-5-7-9-11-13-15-17-19-21-22-26-30-34-38-42-46-50-54-60(65)66-55-51-47-43-39-35-31-27-23-25-29-33-37-41-45-49-53-59(64)61-57(56-62)58(63)52-48-44-40-36-32-28-24-20-18-16-14-12-10-8-6-4-2/h23,27,31,35,57-58,62-63H,3-22,24-26,28-30,32-34,36-56H2,1-2H3,(H,61,64)/b27-23-,35-31-. The Balaban J connectivity index is 3.49. The van der Waals surface area contributed by atoms with Gasteiger partial charge in [-0.25, -0.2) is 0 Å². The molecular formula is C60H115NO5. The van der Waals surface area contributed by atoms with E-state index in [4.69, 9.17) is 4.74 Å². The molecule has 2 atom stereocenters. The van der Waals surface area contributed by atoms with Crippen LogP contribution in [-0.4, -0.2) is 47.4 Å². The van der Waals surface area contributed by atoms with E-state index in [2.05, 4.69) is 43.5 Å². The van der Waals surface area contributed by atoms with Gasteiger partial charge in [-0.1, -0.05) is 276 Å². The zero-order chi connectivity index (χ0) is 47.9. The molecule has 1 amide bonds. The lowest BCUT2D eigenvalue weighted by Gasteiger charge is -2.22. The Morgan fingerprint density at radius 2 is 0.742 bits per heavy atom. The van der Waals surface area contributed by atoms with Crippen LogP contribution in [0, 0.1) is 0 Å². The number of carbonyl (C=O) groups excluding carboxylic acids is 2. The third-order valence-electron chi connectivity index (χ3n) is 13.8. The van der Waals surface area contributed by atoms with Gasteiger partial charge in [0.05, 0.1) is 25.4 Å². The van der Waals surface area contributed by atoms with Crippen molar-refractivity contribution in [1.82, 2.24) is 5.32 Å². The van der Waals surface area contributed by atoms with Crippen molar-refractivity contribution in [3.63, 3.8) is 0 Å². The molecule has 0 saturated heterocycles. The van der Waals surface area contributed by atoms with Gasteiger partial charge in [0.2, 0.25) is 5.91 Å². The van der Waals surface area contributed by atoms with Crippen LogP contribution in [0.1, 0.15) is 322 Å². The fourth-order valence-corrected chi connectivity index (χ4v) is 9.22. The summed E-state index contributed by atoms with van der Waals surface area (Å²) in [7, 11) is 0. The molecule has 6 nitrogen and oxygen atoms in total. The van der Waals surface area contributed by atoms with Crippen LogP contribution in [-0.2, 0) is 14.3 Å². The van der Waals surface area contributed by atoms with Gasteiger partial charge in [-0.2, -0.15) is 0 Å². The van der Waals surface area contributed by atoms with Crippen molar-refractivity contribution in [2.75, 3.05) is 13.2 Å². The summed E-state index contributed by atoms with van der Waals surface area (Å²) >= 11 is 0. The number of nitrogens with one attached hydrogen (secondary N) is 1. The SMILES string of the molecule is CCCCCCCCCCCCCCCCCCCCC(=O)OCCCCC/C=C\C=C/CCCCCCCCC(=O)NC(CO)C(O)CCCCCCCCCCCCCCCCCC. The molecule has 66 heavy (non-hydrogen) atoms. The maximum atomic E-state index is 12.5. The lowest BCUT2D eigenvalue weighted by molar-refractivity contribution is -0.143. The highest BCUT2D eigenvalue weighted by atomic mass is 16.5. The molecule has 0 aliphatic heterocycles. The third-order valence-corrected chi connectivity index (χ3v) is 13.8. The maximum Gasteiger partial charge on any atom is 0.305 e. The number of ether oxygens (including phenoxy) is 1. The van der Waals surface area contributed by atoms with Gasteiger partial charge in [0.15, 0.2) is 0 Å². The van der Waals surface area contributed by atoms with E-state index in [1.165, 1.54) is 212 Å². The zero-order valence-electron chi connectivity index (χ0n) is 44.4. The van der Waals surface area contributed by atoms with E-state index in [0.29, 0.717) is 25.9 Å². The second kappa shape index (κ2) is 55.9. The van der Waals surface area contributed by atoms with Crippen molar-refractivity contribution >= 4 is 11.9 Å². The average molecular weight is 931 g/mol. The topological polar surface area (TPSA) is 95.9 Å². The normalized spacial score (nSPS) is 12.7. The van der Waals surface area contributed by atoms with Crippen molar-refractivity contribution < 1.29 is 24.5 Å². The summed E-state index contributed by atoms with van der Waals surface area (Å²) < 4.78 is 5.46. The van der Waals surface area contributed by atoms with Crippen molar-refractivity contribution in [2.45, 2.75) is 334 Å². The summed E-state index contributed by atoms with van der Waals surface area (Å²) in [5.74, 6) is -0.0723. The molecule has 0 bridgehead atoms. The minimum Gasteiger partial charge on any atom is -0.466 e. The molecule has 0 fully saturated rings. The Hall–Kier alpha value is -1.66. The second-order valence-electron chi connectivity index (χ2n) is 20.4. The average Bonchev–Trinajstić information content (AvgIpc) is 3.32. The number of hydrogen-bond acceptors (Lipinski definition) is 5. The number of amides is 1. The van der Waals surface area contributed by atoms with Crippen LogP contribution in [0.5, 0.6) is 0 Å². The molecule has 0 spiro atoms. The summed E-state index contributed by atoms with van der Waals surface area (Å²) in [6.07, 6.45) is 67.4. The minimum atomic E-state index is -0.678. The highest BCUT2D eigenvalue weighted by Gasteiger charge is 2.20. The predicted octanol–water partition coefficient (Wildman–Crippen LogP) is 18.2.